The first-order valence-electron chi connectivity index (χ1n) is 6.88. The van der Waals surface area contributed by atoms with Gasteiger partial charge in [0.15, 0.2) is 12.4 Å². The number of aryl methyl sites for hydroxylation is 1. The van der Waals surface area contributed by atoms with Crippen molar-refractivity contribution in [1.29, 1.82) is 0 Å². The Morgan fingerprint density at radius 2 is 1.71 bits per heavy atom. The molecule has 4 aromatic rings. The first-order valence-corrected chi connectivity index (χ1v) is 6.88. The van der Waals surface area contributed by atoms with Crippen LogP contribution in [-0.4, -0.2) is 4.57 Å². The highest BCUT2D eigenvalue weighted by Gasteiger charge is 2.13. The number of rotatable bonds is 1. The van der Waals surface area contributed by atoms with Crippen LogP contribution in [0.3, 0.4) is 0 Å². The topological polar surface area (TPSA) is 8.81 Å². The van der Waals surface area contributed by atoms with Crippen LogP contribution in [0.2, 0.25) is 0 Å². The Kier molecular flexibility index (Phi) is 2.54. The van der Waals surface area contributed by atoms with E-state index in [1.807, 2.05) is 29.1 Å². The van der Waals surface area contributed by atoms with E-state index in [0.717, 1.165) is 11.2 Å². The Hall–Kier alpha value is -2.68. The average molecular weight is 277 g/mol. The van der Waals surface area contributed by atoms with Gasteiger partial charge in [0.1, 0.15) is 11.3 Å². The lowest BCUT2D eigenvalue weighted by atomic mass is 10.2. The van der Waals surface area contributed by atoms with Crippen molar-refractivity contribution in [1.82, 2.24) is 4.57 Å². The zero-order chi connectivity index (χ0) is 14.4. The van der Waals surface area contributed by atoms with Gasteiger partial charge < -0.3 is 4.57 Å². The van der Waals surface area contributed by atoms with E-state index >= 15 is 0 Å². The number of halogens is 1. The Bertz CT molecular complexity index is 969. The number of hydrogen-bond donors (Lipinski definition) is 0. The zero-order valence-corrected chi connectivity index (χ0v) is 11.6. The summed E-state index contributed by atoms with van der Waals surface area (Å²) in [6, 6.07) is 17.0. The Morgan fingerprint density at radius 1 is 0.905 bits per heavy atom. The summed E-state index contributed by atoms with van der Waals surface area (Å²) in [7, 11) is 2.06. The molecule has 2 aromatic carbocycles. The van der Waals surface area contributed by atoms with Crippen LogP contribution in [0.4, 0.5) is 4.39 Å². The molecular weight excluding hydrogens is 263 g/mol. The quantitative estimate of drug-likeness (QED) is 0.469. The normalized spacial score (nSPS) is 11.3. The Balaban J connectivity index is 2.02. The molecule has 0 saturated heterocycles. The van der Waals surface area contributed by atoms with Crippen molar-refractivity contribution in [3.05, 3.63) is 72.8 Å². The molecule has 4 rings (SSSR count). The maximum absolute atomic E-state index is 13.4. The molecule has 21 heavy (non-hydrogen) atoms. The molecule has 0 fully saturated rings. The van der Waals surface area contributed by atoms with Crippen LogP contribution in [-0.2, 0) is 7.05 Å². The molecule has 102 valence electrons. The minimum Gasteiger partial charge on any atom is -0.339 e. The molecule has 2 heterocycles. The van der Waals surface area contributed by atoms with E-state index in [-0.39, 0.29) is 5.82 Å². The highest BCUT2D eigenvalue weighted by Crippen LogP contribution is 2.26. The summed E-state index contributed by atoms with van der Waals surface area (Å²) in [5.41, 5.74) is 3.15. The van der Waals surface area contributed by atoms with Gasteiger partial charge in [0.25, 0.3) is 0 Å². The number of hydrogen-bond acceptors (Lipinski definition) is 0. The van der Waals surface area contributed by atoms with E-state index in [4.69, 9.17) is 0 Å². The summed E-state index contributed by atoms with van der Waals surface area (Å²) in [4.78, 5) is 0. The lowest BCUT2D eigenvalue weighted by Gasteiger charge is -1.98. The van der Waals surface area contributed by atoms with Crippen LogP contribution in [0.25, 0.3) is 27.5 Å². The number of para-hydroxylation sites is 1. The fraction of sp³-hybridized carbons (Fsp3) is 0.0556. The van der Waals surface area contributed by atoms with Crippen molar-refractivity contribution in [2.75, 3.05) is 0 Å². The zero-order valence-electron chi connectivity index (χ0n) is 11.6. The van der Waals surface area contributed by atoms with Gasteiger partial charge in [-0.1, -0.05) is 24.3 Å². The first kappa shape index (κ1) is 12.1. The molecular formula is C18H14FN2+. The molecule has 0 amide bonds. The molecule has 0 saturated carbocycles. The summed E-state index contributed by atoms with van der Waals surface area (Å²) >= 11 is 0. The molecule has 0 unspecified atom stereocenters. The van der Waals surface area contributed by atoms with Crippen molar-refractivity contribution in [2.45, 2.75) is 0 Å². The van der Waals surface area contributed by atoms with Crippen molar-refractivity contribution in [3.8, 4) is 5.69 Å². The highest BCUT2D eigenvalue weighted by molar-refractivity contribution is 6.07. The molecule has 0 radical (unpaired) electrons. The maximum Gasteiger partial charge on any atom is 0.213 e. The second-order valence-electron chi connectivity index (χ2n) is 5.21. The van der Waals surface area contributed by atoms with E-state index in [0.29, 0.717) is 0 Å². The molecule has 0 aliphatic carbocycles. The summed E-state index contributed by atoms with van der Waals surface area (Å²) in [6.45, 7) is 0. The van der Waals surface area contributed by atoms with E-state index in [9.17, 15) is 4.39 Å². The molecule has 0 aliphatic rings. The Morgan fingerprint density at radius 3 is 2.57 bits per heavy atom. The molecule has 0 N–H and O–H groups in total. The van der Waals surface area contributed by atoms with Gasteiger partial charge >= 0.3 is 0 Å². The van der Waals surface area contributed by atoms with Gasteiger partial charge in [-0.25, -0.2) is 4.39 Å². The number of aromatic nitrogens is 2. The van der Waals surface area contributed by atoms with Gasteiger partial charge in [-0.3, -0.25) is 0 Å². The highest BCUT2D eigenvalue weighted by atomic mass is 19.1. The third-order valence-electron chi connectivity index (χ3n) is 3.96. The SMILES string of the molecule is Cn1c2ccccc2c2cc[n+](-c3cccc(F)c3)cc21. The molecule has 0 aliphatic heterocycles. The molecule has 0 atom stereocenters. The van der Waals surface area contributed by atoms with E-state index in [1.54, 1.807) is 6.07 Å². The summed E-state index contributed by atoms with van der Waals surface area (Å²) in [5, 5.41) is 2.45. The van der Waals surface area contributed by atoms with Crippen LogP contribution in [0, 0.1) is 5.82 Å². The fourth-order valence-electron chi connectivity index (χ4n) is 2.90. The van der Waals surface area contributed by atoms with Crippen LogP contribution >= 0.6 is 0 Å². The van der Waals surface area contributed by atoms with E-state index in [2.05, 4.69) is 35.9 Å². The Labute approximate surface area is 121 Å². The summed E-state index contributed by atoms with van der Waals surface area (Å²) in [5.74, 6) is -0.225. The largest absolute Gasteiger partial charge is 0.339 e. The molecule has 3 heteroatoms. The van der Waals surface area contributed by atoms with Gasteiger partial charge in [0.05, 0.1) is 0 Å². The van der Waals surface area contributed by atoms with Crippen molar-refractivity contribution >= 4 is 21.8 Å². The summed E-state index contributed by atoms with van der Waals surface area (Å²) < 4.78 is 17.5. The predicted octanol–water partition coefficient (Wildman–Crippen LogP) is 3.75. The second-order valence-corrected chi connectivity index (χ2v) is 5.21. The van der Waals surface area contributed by atoms with Crippen molar-refractivity contribution in [2.24, 2.45) is 7.05 Å². The fourth-order valence-corrected chi connectivity index (χ4v) is 2.90. The van der Waals surface area contributed by atoms with Gasteiger partial charge in [0, 0.05) is 41.5 Å². The van der Waals surface area contributed by atoms with Crippen LogP contribution < -0.4 is 4.57 Å². The molecule has 2 nitrogen and oxygen atoms in total. The molecule has 0 spiro atoms. The maximum atomic E-state index is 13.4. The number of fused-ring (bicyclic) bond motifs is 3. The lowest BCUT2D eigenvalue weighted by molar-refractivity contribution is -0.594. The monoisotopic (exact) mass is 277 g/mol. The number of nitrogens with zero attached hydrogens (tertiary/aromatic N) is 2. The van der Waals surface area contributed by atoms with E-state index < -0.39 is 0 Å². The van der Waals surface area contributed by atoms with Crippen molar-refractivity contribution in [3.63, 3.8) is 0 Å². The van der Waals surface area contributed by atoms with E-state index in [1.165, 1.54) is 28.4 Å². The van der Waals surface area contributed by atoms with Crippen molar-refractivity contribution < 1.29 is 8.96 Å². The average Bonchev–Trinajstić information content (AvgIpc) is 2.81. The third kappa shape index (κ3) is 1.82. The minimum absolute atomic E-state index is 0.225. The van der Waals surface area contributed by atoms with Gasteiger partial charge in [0.2, 0.25) is 5.69 Å². The first-order chi connectivity index (χ1) is 10.2. The van der Waals surface area contributed by atoms with Crippen LogP contribution in [0.5, 0.6) is 0 Å². The smallest absolute Gasteiger partial charge is 0.213 e. The minimum atomic E-state index is -0.225. The van der Waals surface area contributed by atoms with Crippen LogP contribution in [0.1, 0.15) is 0 Å². The summed E-state index contributed by atoms with van der Waals surface area (Å²) in [6.07, 6.45) is 4.02. The second kappa shape index (κ2) is 4.42. The van der Waals surface area contributed by atoms with Gasteiger partial charge in [-0.2, -0.15) is 4.57 Å². The third-order valence-corrected chi connectivity index (χ3v) is 3.96. The van der Waals surface area contributed by atoms with Gasteiger partial charge in [-0.15, -0.1) is 0 Å². The number of benzene rings is 2. The van der Waals surface area contributed by atoms with Gasteiger partial charge in [-0.05, 0) is 12.1 Å². The number of pyridine rings is 1. The molecule has 0 bridgehead atoms. The predicted molar refractivity (Wildman–Crippen MR) is 81.9 cm³/mol. The van der Waals surface area contributed by atoms with Crippen LogP contribution in [0.15, 0.2) is 67.0 Å². The lowest BCUT2D eigenvalue weighted by Crippen LogP contribution is -2.29. The molecule has 2 aromatic heterocycles. The standard InChI is InChI=1S/C18H14FN2/c1-20-17-8-3-2-7-15(17)16-9-10-21(12-18(16)20)14-6-4-5-13(19)11-14/h2-12H,1H3/q+1.